The van der Waals surface area contributed by atoms with Gasteiger partial charge in [0, 0.05) is 43.5 Å². The number of pyridine rings is 1. The monoisotopic (exact) mass is 464 g/mol. The van der Waals surface area contributed by atoms with E-state index in [2.05, 4.69) is 30.9 Å². The molecule has 2 heterocycles. The Labute approximate surface area is 201 Å². The molecular formula is C28H36N2O4. The minimum atomic E-state index is -1.05. The predicted molar refractivity (Wildman–Crippen MR) is 132 cm³/mol. The SMILES string of the molecule is Cc1cn(C2CCN(Cc3cc(C4CC4)c(C4CC4)cc3OC(C)C)CC2)c(=O)cc1C(=O)O. The van der Waals surface area contributed by atoms with Crippen LogP contribution >= 0.6 is 0 Å². The molecule has 6 nitrogen and oxygen atoms in total. The molecule has 5 rings (SSSR count). The van der Waals surface area contributed by atoms with Gasteiger partial charge in [-0.2, -0.15) is 0 Å². The number of piperidine rings is 1. The highest BCUT2D eigenvalue weighted by Crippen LogP contribution is 2.51. The van der Waals surface area contributed by atoms with Crippen molar-refractivity contribution < 1.29 is 14.6 Å². The second kappa shape index (κ2) is 9.21. The van der Waals surface area contributed by atoms with Crippen LogP contribution in [0.4, 0.5) is 0 Å². The van der Waals surface area contributed by atoms with Crippen LogP contribution < -0.4 is 10.3 Å². The molecule has 182 valence electrons. The van der Waals surface area contributed by atoms with Crippen LogP contribution in [0.2, 0.25) is 0 Å². The maximum Gasteiger partial charge on any atom is 0.336 e. The Morgan fingerprint density at radius 2 is 1.65 bits per heavy atom. The van der Waals surface area contributed by atoms with Crippen molar-refractivity contribution in [2.24, 2.45) is 0 Å². The number of nitrogens with zero attached hydrogens (tertiary/aromatic N) is 2. The third-order valence-corrected chi connectivity index (χ3v) is 7.52. The lowest BCUT2D eigenvalue weighted by molar-refractivity contribution is 0.0695. The number of carboxylic acids is 1. The molecule has 0 radical (unpaired) electrons. The molecule has 0 bridgehead atoms. The second-order valence-electron chi connectivity index (χ2n) is 10.7. The zero-order chi connectivity index (χ0) is 24.0. The number of likely N-dealkylation sites (tertiary alicyclic amines) is 1. The summed E-state index contributed by atoms with van der Waals surface area (Å²) in [6.07, 6.45) is 8.85. The van der Waals surface area contributed by atoms with Crippen molar-refractivity contribution in [3.05, 3.63) is 62.6 Å². The molecule has 34 heavy (non-hydrogen) atoms. The van der Waals surface area contributed by atoms with Gasteiger partial charge in [0.05, 0.1) is 11.7 Å². The van der Waals surface area contributed by atoms with Crippen LogP contribution in [0.15, 0.2) is 29.2 Å². The van der Waals surface area contributed by atoms with Crippen LogP contribution in [0.3, 0.4) is 0 Å². The van der Waals surface area contributed by atoms with Gasteiger partial charge < -0.3 is 14.4 Å². The maximum atomic E-state index is 12.6. The zero-order valence-corrected chi connectivity index (χ0v) is 20.5. The predicted octanol–water partition coefficient (Wildman–Crippen LogP) is 5.23. The molecule has 1 aromatic heterocycles. The minimum Gasteiger partial charge on any atom is -0.491 e. The van der Waals surface area contributed by atoms with Gasteiger partial charge in [0.15, 0.2) is 0 Å². The molecule has 1 aliphatic heterocycles. The van der Waals surface area contributed by atoms with Gasteiger partial charge in [-0.3, -0.25) is 9.69 Å². The number of ether oxygens (including phenoxy) is 1. The molecule has 2 saturated carbocycles. The lowest BCUT2D eigenvalue weighted by Gasteiger charge is -2.33. The van der Waals surface area contributed by atoms with Crippen molar-refractivity contribution in [2.75, 3.05) is 13.1 Å². The van der Waals surface area contributed by atoms with Crippen LogP contribution in [-0.2, 0) is 6.54 Å². The van der Waals surface area contributed by atoms with Crippen molar-refractivity contribution >= 4 is 5.97 Å². The van der Waals surface area contributed by atoms with Crippen LogP contribution in [-0.4, -0.2) is 39.7 Å². The Bertz CT molecular complexity index is 1140. The fourth-order valence-electron chi connectivity index (χ4n) is 5.41. The van der Waals surface area contributed by atoms with Crippen LogP contribution in [0.5, 0.6) is 5.75 Å². The van der Waals surface area contributed by atoms with E-state index in [1.54, 1.807) is 23.3 Å². The van der Waals surface area contributed by atoms with Gasteiger partial charge in [-0.1, -0.05) is 6.07 Å². The largest absolute Gasteiger partial charge is 0.491 e. The summed E-state index contributed by atoms with van der Waals surface area (Å²) in [6.45, 7) is 8.62. The average molecular weight is 465 g/mol. The average Bonchev–Trinajstić information content (AvgIpc) is 3.69. The van der Waals surface area contributed by atoms with Crippen LogP contribution in [0.25, 0.3) is 0 Å². The lowest BCUT2D eigenvalue weighted by atomic mass is 9.95. The minimum absolute atomic E-state index is 0.0949. The van der Waals surface area contributed by atoms with Gasteiger partial charge >= 0.3 is 5.97 Å². The third kappa shape index (κ3) is 4.92. The molecule has 1 saturated heterocycles. The quantitative estimate of drug-likeness (QED) is 0.579. The number of aryl methyl sites for hydroxylation is 1. The molecule has 0 atom stereocenters. The number of carbonyl (C=O) groups is 1. The van der Waals surface area contributed by atoms with Gasteiger partial charge in [0.1, 0.15) is 5.75 Å². The van der Waals surface area contributed by atoms with E-state index >= 15 is 0 Å². The van der Waals surface area contributed by atoms with E-state index in [9.17, 15) is 14.7 Å². The van der Waals surface area contributed by atoms with Gasteiger partial charge in [-0.15, -0.1) is 0 Å². The first-order valence-electron chi connectivity index (χ1n) is 12.8. The van der Waals surface area contributed by atoms with E-state index in [0.29, 0.717) is 5.56 Å². The Morgan fingerprint density at radius 3 is 2.21 bits per heavy atom. The van der Waals surface area contributed by atoms with Crippen molar-refractivity contribution in [3.8, 4) is 5.75 Å². The third-order valence-electron chi connectivity index (χ3n) is 7.52. The maximum absolute atomic E-state index is 12.6. The van der Waals surface area contributed by atoms with Gasteiger partial charge in [-0.25, -0.2) is 4.79 Å². The van der Waals surface area contributed by atoms with E-state index < -0.39 is 5.97 Å². The molecule has 0 unspecified atom stereocenters. The number of rotatable bonds is 8. The van der Waals surface area contributed by atoms with Crippen LogP contribution in [0.1, 0.15) is 103 Å². The van der Waals surface area contributed by atoms with Gasteiger partial charge in [-0.05, 0) is 93.9 Å². The molecule has 2 aromatic rings. The number of carboxylic acid groups (broad SMARTS) is 1. The molecule has 0 spiro atoms. The van der Waals surface area contributed by atoms with Crippen molar-refractivity contribution in [3.63, 3.8) is 0 Å². The molecule has 3 fully saturated rings. The van der Waals surface area contributed by atoms with Gasteiger partial charge in [0.25, 0.3) is 5.56 Å². The summed E-state index contributed by atoms with van der Waals surface area (Å²) in [7, 11) is 0. The lowest BCUT2D eigenvalue weighted by Crippen LogP contribution is -2.37. The summed E-state index contributed by atoms with van der Waals surface area (Å²) in [6, 6.07) is 6.16. The van der Waals surface area contributed by atoms with E-state index in [-0.39, 0.29) is 23.3 Å². The number of benzene rings is 1. The number of hydrogen-bond acceptors (Lipinski definition) is 4. The fraction of sp³-hybridized carbons (Fsp3) is 0.571. The fourth-order valence-corrected chi connectivity index (χ4v) is 5.41. The number of aromatic nitrogens is 1. The molecule has 6 heteroatoms. The molecule has 2 aliphatic carbocycles. The first kappa shape index (κ1) is 23.2. The van der Waals surface area contributed by atoms with Gasteiger partial charge in [0.2, 0.25) is 0 Å². The highest BCUT2D eigenvalue weighted by atomic mass is 16.5. The summed E-state index contributed by atoms with van der Waals surface area (Å²) in [5.41, 5.74) is 4.88. The van der Waals surface area contributed by atoms with Crippen molar-refractivity contribution in [1.82, 2.24) is 9.47 Å². The van der Waals surface area contributed by atoms with Crippen molar-refractivity contribution in [2.45, 2.75) is 89.8 Å². The summed E-state index contributed by atoms with van der Waals surface area (Å²) >= 11 is 0. The molecular weight excluding hydrogens is 428 g/mol. The normalized spacial score (nSPS) is 19.5. The number of hydrogen-bond donors (Lipinski definition) is 1. The smallest absolute Gasteiger partial charge is 0.336 e. The molecule has 1 N–H and O–H groups in total. The Balaban J connectivity index is 1.32. The summed E-state index contributed by atoms with van der Waals surface area (Å²) in [4.78, 5) is 26.4. The van der Waals surface area contributed by atoms with E-state index in [4.69, 9.17) is 4.74 Å². The first-order chi connectivity index (χ1) is 16.3. The first-order valence-corrected chi connectivity index (χ1v) is 12.8. The second-order valence-corrected chi connectivity index (χ2v) is 10.7. The molecule has 3 aliphatic rings. The van der Waals surface area contributed by atoms with E-state index in [1.807, 2.05) is 0 Å². The van der Waals surface area contributed by atoms with E-state index in [0.717, 1.165) is 50.1 Å². The Morgan fingerprint density at radius 1 is 1.03 bits per heavy atom. The summed E-state index contributed by atoms with van der Waals surface area (Å²) in [5, 5.41) is 9.29. The Kier molecular flexibility index (Phi) is 6.28. The summed E-state index contributed by atoms with van der Waals surface area (Å²) in [5.74, 6) is 1.45. The molecule has 0 amide bonds. The van der Waals surface area contributed by atoms with E-state index in [1.165, 1.54) is 42.9 Å². The van der Waals surface area contributed by atoms with Crippen LogP contribution in [0, 0.1) is 6.92 Å². The summed E-state index contributed by atoms with van der Waals surface area (Å²) < 4.78 is 8.03. The highest BCUT2D eigenvalue weighted by molar-refractivity contribution is 5.88. The molecule has 1 aromatic carbocycles. The highest BCUT2D eigenvalue weighted by Gasteiger charge is 2.34. The number of aromatic carboxylic acids is 1. The Hall–Kier alpha value is -2.60. The standard InChI is InChI=1S/C28H36N2O4/c1-17(2)34-26-13-25(20-6-7-20)24(19-4-5-19)12-21(26)16-29-10-8-22(9-11-29)30-15-18(3)23(28(32)33)14-27(30)31/h12-15,17,19-20,22H,4-11,16H2,1-3H3,(H,32,33). The van der Waals surface area contributed by atoms with Crippen molar-refractivity contribution in [1.29, 1.82) is 0 Å². The zero-order valence-electron chi connectivity index (χ0n) is 20.5. The topological polar surface area (TPSA) is 71.8 Å².